The van der Waals surface area contributed by atoms with Crippen LogP contribution in [0.5, 0.6) is 0 Å². The minimum Gasteiger partial charge on any atom is -0.342 e. The summed E-state index contributed by atoms with van der Waals surface area (Å²) in [5.74, 6) is 0.171. The first-order valence-corrected chi connectivity index (χ1v) is 7.66. The van der Waals surface area contributed by atoms with Crippen LogP contribution in [0.3, 0.4) is 0 Å². The highest BCUT2D eigenvalue weighted by Gasteiger charge is 2.15. The molecule has 122 valence electrons. The maximum absolute atomic E-state index is 12.5. The summed E-state index contributed by atoms with van der Waals surface area (Å²) >= 11 is 0. The summed E-state index contributed by atoms with van der Waals surface area (Å²) in [6.45, 7) is 3.80. The van der Waals surface area contributed by atoms with E-state index in [1.807, 2.05) is 49.4 Å². The molecule has 1 atom stereocenters. The second-order valence-corrected chi connectivity index (χ2v) is 5.65. The molecule has 0 bridgehead atoms. The zero-order valence-electron chi connectivity index (χ0n) is 13.5. The molecule has 1 amide bonds. The molecule has 3 N–H and O–H groups in total. The van der Waals surface area contributed by atoms with Crippen LogP contribution in [0.4, 0.5) is 0 Å². The molecule has 0 saturated carbocycles. The monoisotopic (exact) mass is 322 g/mol. The van der Waals surface area contributed by atoms with Crippen molar-refractivity contribution >= 4 is 5.91 Å². The normalized spacial score (nSPS) is 11.9. The molecule has 2 aromatic carbocycles. The summed E-state index contributed by atoms with van der Waals surface area (Å²) in [5.41, 5.74) is 3.39. The third kappa shape index (κ3) is 3.27. The summed E-state index contributed by atoms with van der Waals surface area (Å²) in [4.78, 5) is 26.1. The lowest BCUT2D eigenvalue weighted by molar-refractivity contribution is 0.0938. The fourth-order valence-corrected chi connectivity index (χ4v) is 2.56. The van der Waals surface area contributed by atoms with Crippen molar-refractivity contribution in [2.45, 2.75) is 19.9 Å². The highest BCUT2D eigenvalue weighted by atomic mass is 16.2. The summed E-state index contributed by atoms with van der Waals surface area (Å²) in [6, 6.07) is 15.1. The van der Waals surface area contributed by atoms with Crippen LogP contribution in [0.15, 0.2) is 53.3 Å². The number of amides is 1. The number of nitrogens with one attached hydrogen (secondary N) is 3. The van der Waals surface area contributed by atoms with Crippen molar-refractivity contribution in [3.63, 3.8) is 0 Å². The molecule has 0 radical (unpaired) electrons. The van der Waals surface area contributed by atoms with Gasteiger partial charge in [0.15, 0.2) is 5.82 Å². The number of carbonyl (C=O) groups excluding carboxylic acids is 1. The average Bonchev–Trinajstić information content (AvgIpc) is 3.02. The molecule has 1 aromatic heterocycles. The van der Waals surface area contributed by atoms with Crippen molar-refractivity contribution in [2.75, 3.05) is 0 Å². The number of aromatic amines is 2. The van der Waals surface area contributed by atoms with Crippen LogP contribution in [-0.2, 0) is 0 Å². The fourth-order valence-electron chi connectivity index (χ4n) is 2.56. The van der Waals surface area contributed by atoms with Crippen LogP contribution in [0.2, 0.25) is 0 Å². The Bertz CT molecular complexity index is 926. The largest absolute Gasteiger partial charge is 0.342 e. The van der Waals surface area contributed by atoms with E-state index in [2.05, 4.69) is 20.5 Å². The second kappa shape index (κ2) is 6.54. The van der Waals surface area contributed by atoms with Crippen molar-refractivity contribution in [1.29, 1.82) is 0 Å². The highest BCUT2D eigenvalue weighted by Crippen LogP contribution is 2.24. The molecule has 24 heavy (non-hydrogen) atoms. The van der Waals surface area contributed by atoms with E-state index in [0.29, 0.717) is 11.4 Å². The van der Waals surface area contributed by atoms with E-state index in [-0.39, 0.29) is 5.91 Å². The van der Waals surface area contributed by atoms with Crippen LogP contribution in [0.1, 0.15) is 34.7 Å². The standard InChI is InChI=1S/C18H18N4O2/c1-11-6-3-4-9-15(11)13-7-5-8-14(10-13)17(23)19-12(2)16-20-18(24)22-21-16/h3-10,12H,1-2H3,(H,19,23)(H2,20,21,22,24)/t12-/m0/s1. The molecule has 6 heteroatoms. The molecule has 6 nitrogen and oxygen atoms in total. The molecule has 0 fully saturated rings. The summed E-state index contributed by atoms with van der Waals surface area (Å²) in [6.07, 6.45) is 0. The van der Waals surface area contributed by atoms with Gasteiger partial charge in [-0.25, -0.2) is 9.89 Å². The van der Waals surface area contributed by atoms with Crippen molar-refractivity contribution in [1.82, 2.24) is 20.5 Å². The van der Waals surface area contributed by atoms with Gasteiger partial charge in [-0.2, -0.15) is 5.10 Å². The Labute approximate surface area is 138 Å². The number of hydrogen-bond donors (Lipinski definition) is 3. The van der Waals surface area contributed by atoms with Crippen molar-refractivity contribution < 1.29 is 4.79 Å². The molecule has 0 aliphatic carbocycles. The van der Waals surface area contributed by atoms with Crippen LogP contribution in [-0.4, -0.2) is 21.1 Å². The van der Waals surface area contributed by atoms with Gasteiger partial charge in [0.25, 0.3) is 5.91 Å². The molecule has 3 rings (SSSR count). The molecule has 0 spiro atoms. The van der Waals surface area contributed by atoms with E-state index in [1.54, 1.807) is 13.0 Å². The minimum atomic E-state index is -0.404. The minimum absolute atomic E-state index is 0.221. The molecule has 3 aromatic rings. The average molecular weight is 322 g/mol. The first kappa shape index (κ1) is 15.7. The zero-order valence-corrected chi connectivity index (χ0v) is 13.5. The van der Waals surface area contributed by atoms with E-state index in [4.69, 9.17) is 0 Å². The molecule has 0 aliphatic rings. The number of hydrogen-bond acceptors (Lipinski definition) is 3. The SMILES string of the molecule is Cc1ccccc1-c1cccc(C(=O)N[C@@H](C)c2n[nH]c(=O)[nH]2)c1. The molecular weight excluding hydrogens is 304 g/mol. The van der Waals surface area contributed by atoms with Crippen LogP contribution in [0, 0.1) is 6.92 Å². The third-order valence-corrected chi connectivity index (χ3v) is 3.86. The van der Waals surface area contributed by atoms with Gasteiger partial charge in [0, 0.05) is 5.56 Å². The Morgan fingerprint density at radius 3 is 2.67 bits per heavy atom. The summed E-state index contributed by atoms with van der Waals surface area (Å²) in [5, 5.41) is 8.95. The van der Waals surface area contributed by atoms with Gasteiger partial charge in [0.2, 0.25) is 0 Å². The molecule has 0 saturated heterocycles. The smallest absolute Gasteiger partial charge is 0.340 e. The molecule has 0 aliphatic heterocycles. The fraction of sp³-hybridized carbons (Fsp3) is 0.167. The quantitative estimate of drug-likeness (QED) is 0.689. The van der Waals surface area contributed by atoms with E-state index in [9.17, 15) is 9.59 Å². The predicted molar refractivity (Wildman–Crippen MR) is 91.7 cm³/mol. The van der Waals surface area contributed by atoms with Gasteiger partial charge >= 0.3 is 5.69 Å². The maximum Gasteiger partial charge on any atom is 0.340 e. The Balaban J connectivity index is 1.82. The van der Waals surface area contributed by atoms with Gasteiger partial charge in [-0.1, -0.05) is 36.4 Å². The van der Waals surface area contributed by atoms with Crippen molar-refractivity contribution in [2.24, 2.45) is 0 Å². The van der Waals surface area contributed by atoms with E-state index in [0.717, 1.165) is 16.7 Å². The van der Waals surface area contributed by atoms with Gasteiger partial charge in [-0.15, -0.1) is 0 Å². The Morgan fingerprint density at radius 1 is 1.17 bits per heavy atom. The van der Waals surface area contributed by atoms with Crippen LogP contribution in [0.25, 0.3) is 11.1 Å². The zero-order chi connectivity index (χ0) is 17.1. The topological polar surface area (TPSA) is 90.6 Å². The number of benzene rings is 2. The number of H-pyrrole nitrogens is 2. The number of aromatic nitrogens is 3. The Kier molecular flexibility index (Phi) is 4.29. The van der Waals surface area contributed by atoms with E-state index < -0.39 is 11.7 Å². The number of rotatable bonds is 4. The lowest BCUT2D eigenvalue weighted by atomic mass is 9.99. The maximum atomic E-state index is 12.5. The van der Waals surface area contributed by atoms with Gasteiger partial charge < -0.3 is 5.32 Å². The van der Waals surface area contributed by atoms with Gasteiger partial charge in [-0.3, -0.25) is 9.78 Å². The van der Waals surface area contributed by atoms with E-state index in [1.165, 1.54) is 0 Å². The molecule has 0 unspecified atom stereocenters. The Hall–Kier alpha value is -3.15. The summed E-state index contributed by atoms with van der Waals surface area (Å²) in [7, 11) is 0. The Morgan fingerprint density at radius 2 is 1.96 bits per heavy atom. The second-order valence-electron chi connectivity index (χ2n) is 5.65. The van der Waals surface area contributed by atoms with Crippen molar-refractivity contribution in [3.05, 3.63) is 76.0 Å². The first-order valence-electron chi connectivity index (χ1n) is 7.66. The van der Waals surface area contributed by atoms with E-state index >= 15 is 0 Å². The molecule has 1 heterocycles. The van der Waals surface area contributed by atoms with Gasteiger partial charge in [0.1, 0.15) is 0 Å². The van der Waals surface area contributed by atoms with Gasteiger partial charge in [-0.05, 0) is 42.7 Å². The lowest BCUT2D eigenvalue weighted by Gasteiger charge is -2.12. The number of carbonyl (C=O) groups is 1. The highest BCUT2D eigenvalue weighted by molar-refractivity contribution is 5.95. The van der Waals surface area contributed by atoms with Crippen LogP contribution >= 0.6 is 0 Å². The summed E-state index contributed by atoms with van der Waals surface area (Å²) < 4.78 is 0. The predicted octanol–water partition coefficient (Wildman–Crippen LogP) is 2.56. The van der Waals surface area contributed by atoms with Crippen LogP contribution < -0.4 is 11.0 Å². The number of nitrogens with zero attached hydrogens (tertiary/aromatic N) is 1. The lowest BCUT2D eigenvalue weighted by Crippen LogP contribution is -2.27. The first-order chi connectivity index (χ1) is 11.5. The van der Waals surface area contributed by atoms with Crippen molar-refractivity contribution in [3.8, 4) is 11.1 Å². The third-order valence-electron chi connectivity index (χ3n) is 3.86. The number of aryl methyl sites for hydroxylation is 1. The molecular formula is C18H18N4O2. The van der Waals surface area contributed by atoms with Gasteiger partial charge in [0.05, 0.1) is 6.04 Å².